The largest absolute Gasteiger partial charge is 0.396 e. The van der Waals surface area contributed by atoms with Crippen LogP contribution < -0.4 is 5.32 Å². The fraction of sp³-hybridized carbons (Fsp3) is 0.375. The Kier molecular flexibility index (Phi) is 5.07. The number of amides is 1. The zero-order chi connectivity index (χ0) is 14.4. The Balaban J connectivity index is 1.91. The highest BCUT2D eigenvalue weighted by Crippen LogP contribution is 2.11. The molecule has 2 aromatic rings. The summed E-state index contributed by atoms with van der Waals surface area (Å²) in [5.41, 5.74) is 1.27. The van der Waals surface area contributed by atoms with Crippen molar-refractivity contribution in [3.05, 3.63) is 42.1 Å². The number of fused-ring (bicyclic) bond motifs is 1. The lowest BCUT2D eigenvalue weighted by atomic mass is 10.1. The maximum Gasteiger partial charge on any atom is 0.269 e. The van der Waals surface area contributed by atoms with Crippen LogP contribution >= 0.6 is 0 Å². The molecule has 0 bridgehead atoms. The van der Waals surface area contributed by atoms with Crippen molar-refractivity contribution in [1.82, 2.24) is 10.3 Å². The molecule has 0 aliphatic carbocycles. The molecule has 1 amide bonds. The Labute approximate surface area is 118 Å². The van der Waals surface area contributed by atoms with Gasteiger partial charge in [0.1, 0.15) is 5.69 Å². The Bertz CT molecular complexity index is 583. The Morgan fingerprint density at radius 1 is 1.30 bits per heavy atom. The number of benzene rings is 1. The van der Waals surface area contributed by atoms with Crippen molar-refractivity contribution in [2.75, 3.05) is 13.2 Å². The van der Waals surface area contributed by atoms with Crippen LogP contribution in [0.1, 0.15) is 30.3 Å². The zero-order valence-corrected chi connectivity index (χ0v) is 11.7. The number of aromatic nitrogens is 1. The van der Waals surface area contributed by atoms with Gasteiger partial charge in [0.2, 0.25) is 0 Å². The molecule has 0 saturated heterocycles. The second-order valence-electron chi connectivity index (χ2n) is 5.08. The minimum Gasteiger partial charge on any atom is -0.396 e. The lowest BCUT2D eigenvalue weighted by Crippen LogP contribution is -2.25. The lowest BCUT2D eigenvalue weighted by Gasteiger charge is -2.08. The Morgan fingerprint density at radius 2 is 2.10 bits per heavy atom. The number of carbonyl (C=O) groups is 1. The average molecular weight is 272 g/mol. The van der Waals surface area contributed by atoms with E-state index < -0.39 is 0 Å². The number of pyridine rings is 1. The first-order chi connectivity index (χ1) is 9.70. The number of rotatable bonds is 6. The second-order valence-corrected chi connectivity index (χ2v) is 5.08. The Hall–Kier alpha value is -1.94. The van der Waals surface area contributed by atoms with E-state index in [1.807, 2.05) is 37.3 Å². The molecular formula is C16H20N2O2. The van der Waals surface area contributed by atoms with Crippen LogP contribution in [-0.2, 0) is 0 Å². The van der Waals surface area contributed by atoms with Gasteiger partial charge in [-0.1, -0.05) is 31.2 Å². The summed E-state index contributed by atoms with van der Waals surface area (Å²) in [7, 11) is 0. The highest BCUT2D eigenvalue weighted by Gasteiger charge is 2.07. The van der Waals surface area contributed by atoms with E-state index >= 15 is 0 Å². The van der Waals surface area contributed by atoms with Crippen molar-refractivity contribution < 1.29 is 9.90 Å². The molecule has 4 heteroatoms. The van der Waals surface area contributed by atoms with Gasteiger partial charge >= 0.3 is 0 Å². The van der Waals surface area contributed by atoms with Crippen LogP contribution in [0.5, 0.6) is 0 Å². The molecule has 0 aliphatic rings. The van der Waals surface area contributed by atoms with Crippen molar-refractivity contribution in [1.29, 1.82) is 0 Å². The van der Waals surface area contributed by atoms with Crippen LogP contribution in [0.15, 0.2) is 36.4 Å². The van der Waals surface area contributed by atoms with E-state index in [1.54, 1.807) is 6.07 Å². The summed E-state index contributed by atoms with van der Waals surface area (Å²) < 4.78 is 0. The first kappa shape index (κ1) is 14.5. The van der Waals surface area contributed by atoms with Gasteiger partial charge in [0.25, 0.3) is 5.91 Å². The van der Waals surface area contributed by atoms with Crippen molar-refractivity contribution in [2.24, 2.45) is 5.92 Å². The summed E-state index contributed by atoms with van der Waals surface area (Å²) in [4.78, 5) is 16.3. The first-order valence-electron chi connectivity index (χ1n) is 6.95. The number of aliphatic hydroxyl groups is 1. The van der Waals surface area contributed by atoms with E-state index in [0.29, 0.717) is 12.2 Å². The minimum absolute atomic E-state index is 0.146. The van der Waals surface area contributed by atoms with Crippen LogP contribution in [0, 0.1) is 5.92 Å². The van der Waals surface area contributed by atoms with E-state index in [-0.39, 0.29) is 18.4 Å². The molecule has 1 unspecified atom stereocenters. The summed E-state index contributed by atoms with van der Waals surface area (Å²) in [5.74, 6) is 0.137. The molecule has 106 valence electrons. The highest BCUT2D eigenvalue weighted by atomic mass is 16.3. The third-order valence-corrected chi connectivity index (χ3v) is 3.30. The molecule has 2 rings (SSSR count). The average Bonchev–Trinajstić information content (AvgIpc) is 2.50. The van der Waals surface area contributed by atoms with Crippen molar-refractivity contribution in [3.8, 4) is 0 Å². The predicted octanol–water partition coefficient (Wildman–Crippen LogP) is 2.37. The van der Waals surface area contributed by atoms with E-state index in [2.05, 4.69) is 10.3 Å². The van der Waals surface area contributed by atoms with Crippen LogP contribution in [0.25, 0.3) is 10.9 Å². The van der Waals surface area contributed by atoms with Crippen molar-refractivity contribution in [2.45, 2.75) is 19.8 Å². The molecule has 0 aliphatic heterocycles. The van der Waals surface area contributed by atoms with Gasteiger partial charge in [-0.15, -0.1) is 0 Å². The van der Waals surface area contributed by atoms with Gasteiger partial charge in [0.15, 0.2) is 0 Å². The van der Waals surface area contributed by atoms with Crippen LogP contribution in [0.2, 0.25) is 0 Å². The quantitative estimate of drug-likeness (QED) is 0.794. The van der Waals surface area contributed by atoms with E-state index in [4.69, 9.17) is 5.11 Å². The monoisotopic (exact) mass is 272 g/mol. The molecule has 0 radical (unpaired) electrons. The van der Waals surface area contributed by atoms with Crippen LogP contribution in [0.4, 0.5) is 0 Å². The zero-order valence-electron chi connectivity index (χ0n) is 11.7. The lowest BCUT2D eigenvalue weighted by molar-refractivity contribution is 0.0947. The number of nitrogens with one attached hydrogen (secondary N) is 1. The fourth-order valence-electron chi connectivity index (χ4n) is 2.03. The predicted molar refractivity (Wildman–Crippen MR) is 79.6 cm³/mol. The van der Waals surface area contributed by atoms with Crippen molar-refractivity contribution in [3.63, 3.8) is 0 Å². The van der Waals surface area contributed by atoms with Gasteiger partial charge in [0.05, 0.1) is 5.52 Å². The molecule has 1 aromatic carbocycles. The summed E-state index contributed by atoms with van der Waals surface area (Å²) in [5, 5.41) is 12.8. The molecule has 1 aromatic heterocycles. The first-order valence-corrected chi connectivity index (χ1v) is 6.95. The van der Waals surface area contributed by atoms with E-state index in [0.717, 1.165) is 23.7 Å². The molecule has 0 fully saturated rings. The normalized spacial score (nSPS) is 12.3. The molecule has 1 heterocycles. The third kappa shape index (κ3) is 3.78. The number of carbonyl (C=O) groups excluding carboxylic acids is 1. The fourth-order valence-corrected chi connectivity index (χ4v) is 2.03. The minimum atomic E-state index is -0.146. The van der Waals surface area contributed by atoms with E-state index in [1.165, 1.54) is 0 Å². The summed E-state index contributed by atoms with van der Waals surface area (Å²) in [6.07, 6.45) is 1.77. The van der Waals surface area contributed by atoms with Gasteiger partial charge in [-0.3, -0.25) is 4.79 Å². The standard InChI is InChI=1S/C16H20N2O2/c1-12(11-19)5-4-10-17-16(20)15-9-8-13-6-2-3-7-14(13)18-15/h2-3,6-9,12,19H,4-5,10-11H2,1H3,(H,17,20). The van der Waals surface area contributed by atoms with Gasteiger partial charge in [-0.25, -0.2) is 4.98 Å². The Morgan fingerprint density at radius 3 is 2.90 bits per heavy atom. The van der Waals surface area contributed by atoms with Crippen molar-refractivity contribution >= 4 is 16.8 Å². The summed E-state index contributed by atoms with van der Waals surface area (Å²) in [6.45, 7) is 2.80. The number of para-hydroxylation sites is 1. The topological polar surface area (TPSA) is 62.2 Å². The third-order valence-electron chi connectivity index (χ3n) is 3.30. The second kappa shape index (κ2) is 7.01. The van der Waals surface area contributed by atoms with Gasteiger partial charge in [-0.05, 0) is 30.9 Å². The number of hydrogen-bond acceptors (Lipinski definition) is 3. The van der Waals surface area contributed by atoms with Crippen LogP contribution in [-0.4, -0.2) is 29.1 Å². The molecule has 1 atom stereocenters. The molecular weight excluding hydrogens is 252 g/mol. The maximum atomic E-state index is 12.0. The molecule has 0 saturated carbocycles. The molecule has 20 heavy (non-hydrogen) atoms. The number of aliphatic hydroxyl groups excluding tert-OH is 1. The molecule has 4 nitrogen and oxygen atoms in total. The van der Waals surface area contributed by atoms with Gasteiger partial charge < -0.3 is 10.4 Å². The number of nitrogens with zero attached hydrogens (tertiary/aromatic N) is 1. The van der Waals surface area contributed by atoms with E-state index in [9.17, 15) is 4.79 Å². The van der Waals surface area contributed by atoms with Crippen LogP contribution in [0.3, 0.4) is 0 Å². The number of hydrogen-bond donors (Lipinski definition) is 2. The highest BCUT2D eigenvalue weighted by molar-refractivity contribution is 5.94. The summed E-state index contributed by atoms with van der Waals surface area (Å²) in [6, 6.07) is 11.4. The molecule has 2 N–H and O–H groups in total. The summed E-state index contributed by atoms with van der Waals surface area (Å²) >= 11 is 0. The SMILES string of the molecule is CC(CO)CCCNC(=O)c1ccc2ccccc2n1. The van der Waals surface area contributed by atoms with Gasteiger partial charge in [-0.2, -0.15) is 0 Å². The molecule has 0 spiro atoms. The maximum absolute atomic E-state index is 12.0. The van der Waals surface area contributed by atoms with Gasteiger partial charge in [0, 0.05) is 18.5 Å². The smallest absolute Gasteiger partial charge is 0.269 e.